The van der Waals surface area contributed by atoms with E-state index in [9.17, 15) is 4.79 Å². The fourth-order valence-electron chi connectivity index (χ4n) is 1.20. The number of amides is 1. The SMILES string of the molecule is C=CC(=O)N1c2cccc1c2. The van der Waals surface area contributed by atoms with Gasteiger partial charge in [0.1, 0.15) is 0 Å². The molecule has 0 fully saturated rings. The highest BCUT2D eigenvalue weighted by atomic mass is 16.2. The molecule has 2 aliphatic heterocycles. The van der Waals surface area contributed by atoms with Crippen LogP contribution in [0.15, 0.2) is 36.9 Å². The second-order valence-electron chi connectivity index (χ2n) is 2.40. The summed E-state index contributed by atoms with van der Waals surface area (Å²) in [6.07, 6.45) is 1.32. The molecule has 54 valence electrons. The lowest BCUT2D eigenvalue weighted by molar-refractivity contribution is -0.113. The Morgan fingerprint density at radius 3 is 2.55 bits per heavy atom. The molecule has 0 N–H and O–H groups in total. The molecule has 2 bridgehead atoms. The molecule has 0 aromatic heterocycles. The minimum Gasteiger partial charge on any atom is -0.277 e. The summed E-state index contributed by atoms with van der Waals surface area (Å²) in [4.78, 5) is 12.7. The van der Waals surface area contributed by atoms with Crippen molar-refractivity contribution in [3.05, 3.63) is 36.9 Å². The first-order valence-electron chi connectivity index (χ1n) is 3.39. The molecule has 0 atom stereocenters. The van der Waals surface area contributed by atoms with Gasteiger partial charge in [-0.1, -0.05) is 12.6 Å². The van der Waals surface area contributed by atoms with Gasteiger partial charge < -0.3 is 0 Å². The Labute approximate surface area is 64.8 Å². The number of benzene rings is 1. The first-order chi connectivity index (χ1) is 5.33. The van der Waals surface area contributed by atoms with Crippen molar-refractivity contribution in [2.45, 2.75) is 0 Å². The molecule has 1 aromatic rings. The van der Waals surface area contributed by atoms with Gasteiger partial charge in [-0.2, -0.15) is 0 Å². The van der Waals surface area contributed by atoms with Crippen LogP contribution >= 0.6 is 0 Å². The summed E-state index contributed by atoms with van der Waals surface area (Å²) in [5, 5.41) is 0. The zero-order valence-electron chi connectivity index (χ0n) is 5.95. The van der Waals surface area contributed by atoms with Crippen LogP contribution in [-0.4, -0.2) is 5.91 Å². The van der Waals surface area contributed by atoms with Gasteiger partial charge in [0.25, 0.3) is 5.91 Å². The molecular formula is C9H7NO. The maximum absolute atomic E-state index is 11.1. The maximum Gasteiger partial charge on any atom is 0.254 e. The van der Waals surface area contributed by atoms with Crippen LogP contribution in [0.4, 0.5) is 11.4 Å². The van der Waals surface area contributed by atoms with Crippen molar-refractivity contribution in [2.24, 2.45) is 0 Å². The van der Waals surface area contributed by atoms with E-state index in [1.165, 1.54) is 6.08 Å². The van der Waals surface area contributed by atoms with E-state index in [0.717, 1.165) is 11.4 Å². The van der Waals surface area contributed by atoms with Gasteiger partial charge in [0.2, 0.25) is 0 Å². The van der Waals surface area contributed by atoms with Crippen LogP contribution < -0.4 is 4.90 Å². The van der Waals surface area contributed by atoms with Crippen LogP contribution in [0.1, 0.15) is 0 Å². The Morgan fingerprint density at radius 1 is 1.45 bits per heavy atom. The third-order valence-corrected chi connectivity index (χ3v) is 1.74. The lowest BCUT2D eigenvalue weighted by Crippen LogP contribution is -2.28. The van der Waals surface area contributed by atoms with Gasteiger partial charge in [-0.15, -0.1) is 0 Å². The van der Waals surface area contributed by atoms with Gasteiger partial charge in [0.05, 0.1) is 11.4 Å². The number of hydrogen-bond acceptors (Lipinski definition) is 1. The van der Waals surface area contributed by atoms with Gasteiger partial charge >= 0.3 is 0 Å². The van der Waals surface area contributed by atoms with Crippen LogP contribution in [0, 0.1) is 0 Å². The van der Waals surface area contributed by atoms with E-state index in [1.807, 2.05) is 24.3 Å². The first kappa shape index (κ1) is 6.16. The quantitative estimate of drug-likeness (QED) is 0.552. The maximum atomic E-state index is 11.1. The molecular weight excluding hydrogens is 138 g/mol. The Morgan fingerprint density at radius 2 is 2.09 bits per heavy atom. The van der Waals surface area contributed by atoms with E-state index < -0.39 is 0 Å². The molecule has 1 amide bonds. The lowest BCUT2D eigenvalue weighted by atomic mass is 10.1. The van der Waals surface area contributed by atoms with Crippen molar-refractivity contribution in [2.75, 3.05) is 4.90 Å². The van der Waals surface area contributed by atoms with Gasteiger partial charge in [0, 0.05) is 0 Å². The normalized spacial score (nSPS) is 12.2. The van der Waals surface area contributed by atoms with E-state index in [-0.39, 0.29) is 5.91 Å². The summed E-state index contributed by atoms with van der Waals surface area (Å²) in [5.74, 6) is -0.0573. The minimum atomic E-state index is -0.0573. The Kier molecular flexibility index (Phi) is 1.09. The van der Waals surface area contributed by atoms with Crippen molar-refractivity contribution >= 4 is 17.3 Å². The van der Waals surface area contributed by atoms with Crippen LogP contribution in [0.5, 0.6) is 0 Å². The van der Waals surface area contributed by atoms with E-state index in [2.05, 4.69) is 6.58 Å². The van der Waals surface area contributed by atoms with E-state index in [4.69, 9.17) is 0 Å². The largest absolute Gasteiger partial charge is 0.277 e. The van der Waals surface area contributed by atoms with Crippen molar-refractivity contribution in [1.29, 1.82) is 0 Å². The fraction of sp³-hybridized carbons (Fsp3) is 0. The number of hydrogen-bond donors (Lipinski definition) is 0. The molecule has 0 saturated heterocycles. The van der Waals surface area contributed by atoms with Crippen molar-refractivity contribution in [1.82, 2.24) is 0 Å². The summed E-state index contributed by atoms with van der Waals surface area (Å²) < 4.78 is 0. The Bertz CT molecular complexity index is 303. The lowest BCUT2D eigenvalue weighted by Gasteiger charge is -2.29. The van der Waals surface area contributed by atoms with Gasteiger partial charge in [0.15, 0.2) is 0 Å². The fourth-order valence-corrected chi connectivity index (χ4v) is 1.20. The number of fused-ring (bicyclic) bond motifs is 2. The molecule has 3 rings (SSSR count). The molecule has 2 aliphatic rings. The molecule has 1 aromatic carbocycles. The van der Waals surface area contributed by atoms with Gasteiger partial charge in [-0.25, -0.2) is 0 Å². The standard InChI is InChI=1S/C9H7NO/c1-2-9(11)10-7-4-3-5-8(10)6-7/h2-6H,1H2. The zero-order valence-corrected chi connectivity index (χ0v) is 5.95. The highest BCUT2D eigenvalue weighted by Gasteiger charge is 2.22. The molecule has 0 aliphatic carbocycles. The highest BCUT2D eigenvalue weighted by Crippen LogP contribution is 2.36. The summed E-state index contributed by atoms with van der Waals surface area (Å²) >= 11 is 0. The molecule has 2 heterocycles. The Hall–Kier alpha value is -1.57. The van der Waals surface area contributed by atoms with Crippen molar-refractivity contribution < 1.29 is 4.79 Å². The number of rotatable bonds is 1. The van der Waals surface area contributed by atoms with Gasteiger partial charge in [-0.05, 0) is 24.3 Å². The van der Waals surface area contributed by atoms with Crippen LogP contribution in [0.3, 0.4) is 0 Å². The van der Waals surface area contributed by atoms with E-state index in [0.29, 0.717) is 0 Å². The summed E-state index contributed by atoms with van der Waals surface area (Å²) in [6, 6.07) is 7.68. The van der Waals surface area contributed by atoms with Crippen LogP contribution in [-0.2, 0) is 4.79 Å². The molecule has 11 heavy (non-hydrogen) atoms. The van der Waals surface area contributed by atoms with Crippen LogP contribution in [0.2, 0.25) is 0 Å². The van der Waals surface area contributed by atoms with Crippen LogP contribution in [0.25, 0.3) is 0 Å². The predicted octanol–water partition coefficient (Wildman–Crippen LogP) is 1.85. The average molecular weight is 145 g/mol. The predicted molar refractivity (Wildman–Crippen MR) is 43.8 cm³/mol. The third-order valence-electron chi connectivity index (χ3n) is 1.74. The second-order valence-corrected chi connectivity index (χ2v) is 2.40. The Balaban J connectivity index is 2.36. The summed E-state index contributed by atoms with van der Waals surface area (Å²) in [7, 11) is 0. The molecule has 0 saturated carbocycles. The number of anilines is 2. The summed E-state index contributed by atoms with van der Waals surface area (Å²) in [6.45, 7) is 3.42. The molecule has 0 spiro atoms. The number of carbonyl (C=O) groups excluding carboxylic acids is 1. The number of nitrogens with zero attached hydrogens (tertiary/aromatic N) is 1. The van der Waals surface area contributed by atoms with Gasteiger partial charge in [-0.3, -0.25) is 9.69 Å². The molecule has 0 radical (unpaired) electrons. The second kappa shape index (κ2) is 1.95. The highest BCUT2D eigenvalue weighted by molar-refractivity contribution is 6.10. The average Bonchev–Trinajstić information content (AvgIpc) is 2.05. The van der Waals surface area contributed by atoms with Crippen molar-refractivity contribution in [3.8, 4) is 0 Å². The van der Waals surface area contributed by atoms with Crippen molar-refractivity contribution in [3.63, 3.8) is 0 Å². The molecule has 2 heteroatoms. The monoisotopic (exact) mass is 145 g/mol. The smallest absolute Gasteiger partial charge is 0.254 e. The molecule has 0 unspecified atom stereocenters. The third kappa shape index (κ3) is 0.693. The van der Waals surface area contributed by atoms with E-state index in [1.54, 1.807) is 4.90 Å². The minimum absolute atomic E-state index is 0.0573. The zero-order chi connectivity index (χ0) is 7.84. The summed E-state index contributed by atoms with van der Waals surface area (Å²) in [5.41, 5.74) is 1.90. The topological polar surface area (TPSA) is 20.3 Å². The molecule has 2 nitrogen and oxygen atoms in total. The number of carbonyl (C=O) groups is 1. The first-order valence-corrected chi connectivity index (χ1v) is 3.39. The van der Waals surface area contributed by atoms with E-state index >= 15 is 0 Å².